The van der Waals surface area contributed by atoms with Crippen LogP contribution in [-0.2, 0) is 9.78 Å². The van der Waals surface area contributed by atoms with Gasteiger partial charge >= 0.3 is 0 Å². The molecule has 0 aliphatic heterocycles. The summed E-state index contributed by atoms with van der Waals surface area (Å²) in [4.78, 5) is 10.5. The fraction of sp³-hybridized carbons (Fsp3) is 0.333. The highest BCUT2D eigenvalue weighted by molar-refractivity contribution is 5.14. The van der Waals surface area contributed by atoms with Gasteiger partial charge in [-0.2, -0.15) is 0 Å². The van der Waals surface area contributed by atoms with Crippen molar-refractivity contribution in [2.75, 3.05) is 0 Å². The van der Waals surface area contributed by atoms with Crippen LogP contribution < -0.4 is 0 Å². The molecule has 0 N–H and O–H groups in total. The first-order valence-electron chi connectivity index (χ1n) is 5.01. The van der Waals surface area contributed by atoms with Gasteiger partial charge in [0, 0.05) is 12.8 Å². The molecule has 0 bridgehead atoms. The van der Waals surface area contributed by atoms with Crippen LogP contribution in [0.3, 0.4) is 0 Å². The summed E-state index contributed by atoms with van der Waals surface area (Å²) in [5.41, 5.74) is 0. The maximum Gasteiger partial charge on any atom is 0.155 e. The van der Waals surface area contributed by atoms with Crippen LogP contribution in [-0.4, -0.2) is 0 Å². The largest absolute Gasteiger partial charge is 0.295 e. The van der Waals surface area contributed by atoms with E-state index >= 15 is 0 Å². The van der Waals surface area contributed by atoms with E-state index in [9.17, 15) is 0 Å². The molecule has 2 heteroatoms. The third-order valence-corrected chi connectivity index (χ3v) is 2.21. The van der Waals surface area contributed by atoms with Gasteiger partial charge in [0.2, 0.25) is 0 Å². The lowest BCUT2D eigenvalue weighted by Gasteiger charge is -2.13. The van der Waals surface area contributed by atoms with E-state index in [1.165, 1.54) is 0 Å². The minimum atomic E-state index is 0.906. The maximum atomic E-state index is 5.23. The summed E-state index contributed by atoms with van der Waals surface area (Å²) in [6.07, 6.45) is 16.1. The fourth-order valence-electron chi connectivity index (χ4n) is 1.41. The molecule has 0 unspecified atom stereocenters. The zero-order valence-corrected chi connectivity index (χ0v) is 8.11. The number of hydrogen-bond donors (Lipinski definition) is 0. The molecule has 0 spiro atoms. The Bertz CT molecular complexity index is 276. The predicted octanol–water partition coefficient (Wildman–Crippen LogP) is 3.40. The summed E-state index contributed by atoms with van der Waals surface area (Å²) in [7, 11) is 0. The quantitative estimate of drug-likeness (QED) is 0.501. The summed E-state index contributed by atoms with van der Waals surface area (Å²) in [5.74, 6) is 1.81. The Morgan fingerprint density at radius 1 is 0.786 bits per heavy atom. The Labute approximate surface area is 84.1 Å². The van der Waals surface area contributed by atoms with E-state index in [2.05, 4.69) is 12.2 Å². The van der Waals surface area contributed by atoms with Crippen LogP contribution in [0.15, 0.2) is 48.0 Å². The van der Waals surface area contributed by atoms with E-state index in [4.69, 9.17) is 9.78 Å². The predicted molar refractivity (Wildman–Crippen MR) is 55.1 cm³/mol. The van der Waals surface area contributed by atoms with Gasteiger partial charge in [0.05, 0.1) is 0 Å². The third kappa shape index (κ3) is 2.52. The van der Waals surface area contributed by atoms with Gasteiger partial charge in [-0.1, -0.05) is 24.3 Å². The van der Waals surface area contributed by atoms with E-state index in [1.807, 2.05) is 24.3 Å². The first-order chi connectivity index (χ1) is 6.95. The number of hydrogen-bond acceptors (Lipinski definition) is 2. The monoisotopic (exact) mass is 190 g/mol. The maximum absolute atomic E-state index is 5.23. The van der Waals surface area contributed by atoms with E-state index in [0.29, 0.717) is 0 Å². The Morgan fingerprint density at radius 2 is 1.29 bits per heavy atom. The molecule has 74 valence electrons. The van der Waals surface area contributed by atoms with Crippen molar-refractivity contribution in [3.63, 3.8) is 0 Å². The van der Waals surface area contributed by atoms with Gasteiger partial charge in [-0.15, -0.1) is 0 Å². The van der Waals surface area contributed by atoms with Crippen LogP contribution in [0.1, 0.15) is 25.7 Å². The van der Waals surface area contributed by atoms with E-state index < -0.39 is 0 Å². The van der Waals surface area contributed by atoms with Gasteiger partial charge in [-0.05, 0) is 25.0 Å². The molecule has 0 heterocycles. The lowest BCUT2D eigenvalue weighted by atomic mass is 10.2. The standard InChI is InChI=1S/C12H14O2/c1-3-7-11(8-4-1)13-14-12-9-5-2-6-10-12/h1-3,5,7,9H,4,6,8,10H2. The fourth-order valence-corrected chi connectivity index (χ4v) is 1.41. The highest BCUT2D eigenvalue weighted by atomic mass is 17.2. The second kappa shape index (κ2) is 4.70. The zero-order valence-electron chi connectivity index (χ0n) is 8.11. The van der Waals surface area contributed by atoms with Gasteiger partial charge in [0.15, 0.2) is 11.5 Å². The normalized spacial score (nSPS) is 20.0. The zero-order chi connectivity index (χ0) is 9.64. The molecule has 0 radical (unpaired) electrons. The second-order valence-corrected chi connectivity index (χ2v) is 3.37. The summed E-state index contributed by atoms with van der Waals surface area (Å²) in [6.45, 7) is 0. The number of allylic oxidation sites excluding steroid dienone is 8. The molecule has 0 fully saturated rings. The van der Waals surface area contributed by atoms with Crippen LogP contribution in [0, 0.1) is 0 Å². The van der Waals surface area contributed by atoms with Crippen molar-refractivity contribution in [3.8, 4) is 0 Å². The van der Waals surface area contributed by atoms with E-state index in [0.717, 1.165) is 37.2 Å². The van der Waals surface area contributed by atoms with Crippen molar-refractivity contribution in [1.29, 1.82) is 0 Å². The van der Waals surface area contributed by atoms with Crippen molar-refractivity contribution in [2.45, 2.75) is 25.7 Å². The molecule has 0 saturated carbocycles. The molecule has 2 rings (SSSR count). The first-order valence-corrected chi connectivity index (χ1v) is 5.01. The van der Waals surface area contributed by atoms with Crippen molar-refractivity contribution in [2.24, 2.45) is 0 Å². The average Bonchev–Trinajstić information content (AvgIpc) is 2.29. The van der Waals surface area contributed by atoms with Crippen molar-refractivity contribution >= 4 is 0 Å². The topological polar surface area (TPSA) is 18.5 Å². The third-order valence-electron chi connectivity index (χ3n) is 2.21. The molecule has 0 saturated heterocycles. The van der Waals surface area contributed by atoms with Crippen LogP contribution >= 0.6 is 0 Å². The molecule has 0 amide bonds. The summed E-state index contributed by atoms with van der Waals surface area (Å²) < 4.78 is 0. The summed E-state index contributed by atoms with van der Waals surface area (Å²) in [6, 6.07) is 0. The molecular formula is C12H14O2. The molecule has 2 aliphatic carbocycles. The SMILES string of the molecule is C1=CCCC(OOC2=CC=CCC2)=C1. The van der Waals surface area contributed by atoms with E-state index in [1.54, 1.807) is 0 Å². The average molecular weight is 190 g/mol. The minimum absolute atomic E-state index is 0.906. The lowest BCUT2D eigenvalue weighted by molar-refractivity contribution is -0.230. The highest BCUT2D eigenvalue weighted by Crippen LogP contribution is 2.18. The van der Waals surface area contributed by atoms with Crippen molar-refractivity contribution < 1.29 is 9.78 Å². The number of rotatable bonds is 3. The highest BCUT2D eigenvalue weighted by Gasteiger charge is 2.05. The first kappa shape index (κ1) is 9.13. The molecule has 0 atom stereocenters. The Balaban J connectivity index is 1.81. The molecule has 0 aromatic heterocycles. The molecule has 2 nitrogen and oxygen atoms in total. The van der Waals surface area contributed by atoms with E-state index in [-0.39, 0.29) is 0 Å². The molecular weight excluding hydrogens is 176 g/mol. The molecule has 2 aliphatic rings. The van der Waals surface area contributed by atoms with Gasteiger partial charge in [-0.25, -0.2) is 0 Å². The van der Waals surface area contributed by atoms with Crippen molar-refractivity contribution in [1.82, 2.24) is 0 Å². The van der Waals surface area contributed by atoms with Gasteiger partial charge in [0.25, 0.3) is 0 Å². The smallest absolute Gasteiger partial charge is 0.155 e. The lowest BCUT2D eigenvalue weighted by Crippen LogP contribution is -1.98. The van der Waals surface area contributed by atoms with Gasteiger partial charge in [-0.3, -0.25) is 9.78 Å². The van der Waals surface area contributed by atoms with Crippen LogP contribution in [0.25, 0.3) is 0 Å². The summed E-state index contributed by atoms with van der Waals surface area (Å²) >= 11 is 0. The molecule has 0 aromatic carbocycles. The second-order valence-electron chi connectivity index (χ2n) is 3.37. The van der Waals surface area contributed by atoms with Gasteiger partial charge in [0.1, 0.15) is 0 Å². The van der Waals surface area contributed by atoms with Gasteiger partial charge < -0.3 is 0 Å². The Hall–Kier alpha value is -1.44. The van der Waals surface area contributed by atoms with Crippen LogP contribution in [0.4, 0.5) is 0 Å². The molecule has 14 heavy (non-hydrogen) atoms. The van der Waals surface area contributed by atoms with Crippen LogP contribution in [0.5, 0.6) is 0 Å². The van der Waals surface area contributed by atoms with Crippen molar-refractivity contribution in [3.05, 3.63) is 48.0 Å². The molecule has 0 aromatic rings. The van der Waals surface area contributed by atoms with Crippen LogP contribution in [0.2, 0.25) is 0 Å². The summed E-state index contributed by atoms with van der Waals surface area (Å²) in [5, 5.41) is 0. The Morgan fingerprint density at radius 3 is 1.64 bits per heavy atom. The minimum Gasteiger partial charge on any atom is -0.295 e. The Kier molecular flexibility index (Phi) is 3.06.